The van der Waals surface area contributed by atoms with Crippen molar-refractivity contribution in [1.82, 2.24) is 5.32 Å². The molecule has 90 valence electrons. The van der Waals surface area contributed by atoms with Crippen LogP contribution < -0.4 is 5.32 Å². The summed E-state index contributed by atoms with van der Waals surface area (Å²) < 4.78 is 5.48. The van der Waals surface area contributed by atoms with Gasteiger partial charge in [-0.3, -0.25) is 4.79 Å². The fourth-order valence-electron chi connectivity index (χ4n) is 2.53. The highest BCUT2D eigenvalue weighted by Crippen LogP contribution is 2.33. The Hall–Kier alpha value is -0.830. The maximum atomic E-state index is 12.1. The Bertz CT molecular complexity index is 325. The maximum absolute atomic E-state index is 12.1. The molecule has 16 heavy (non-hydrogen) atoms. The second-order valence-electron chi connectivity index (χ2n) is 5.71. The zero-order valence-electron chi connectivity index (χ0n) is 10.4. The van der Waals surface area contributed by atoms with Gasteiger partial charge in [0, 0.05) is 13.1 Å². The molecule has 2 aliphatic rings. The van der Waals surface area contributed by atoms with Crippen LogP contribution >= 0.6 is 0 Å². The van der Waals surface area contributed by atoms with Crippen LogP contribution in [0.25, 0.3) is 0 Å². The van der Waals surface area contributed by atoms with Gasteiger partial charge in [0.25, 0.3) is 0 Å². The van der Waals surface area contributed by atoms with Crippen LogP contribution in [0, 0.1) is 5.92 Å². The first-order chi connectivity index (χ1) is 7.47. The Morgan fingerprint density at radius 3 is 2.81 bits per heavy atom. The molecule has 1 unspecified atom stereocenters. The molecule has 2 rings (SSSR count). The summed E-state index contributed by atoms with van der Waals surface area (Å²) in [5.74, 6) is -0.0265. The maximum Gasteiger partial charge on any atom is 0.313 e. The van der Waals surface area contributed by atoms with Crippen molar-refractivity contribution >= 4 is 5.97 Å². The van der Waals surface area contributed by atoms with E-state index in [4.69, 9.17) is 4.74 Å². The van der Waals surface area contributed by atoms with Crippen LogP contribution in [0.3, 0.4) is 0 Å². The van der Waals surface area contributed by atoms with E-state index in [0.29, 0.717) is 0 Å². The zero-order chi connectivity index (χ0) is 11.8. The molecule has 0 radical (unpaired) electrons. The van der Waals surface area contributed by atoms with E-state index in [1.165, 1.54) is 11.1 Å². The molecular weight excluding hydrogens is 202 g/mol. The highest BCUT2D eigenvalue weighted by molar-refractivity contribution is 5.77. The van der Waals surface area contributed by atoms with Crippen molar-refractivity contribution in [2.45, 2.75) is 45.6 Å². The molecule has 1 N–H and O–H groups in total. The fraction of sp³-hybridized carbons (Fsp3) is 0.769. The monoisotopic (exact) mass is 223 g/mol. The van der Waals surface area contributed by atoms with Crippen molar-refractivity contribution < 1.29 is 9.53 Å². The topological polar surface area (TPSA) is 38.3 Å². The van der Waals surface area contributed by atoms with Gasteiger partial charge >= 0.3 is 5.97 Å². The number of rotatable bonds is 1. The average Bonchev–Trinajstić information content (AvgIpc) is 2.61. The molecule has 0 saturated carbocycles. The summed E-state index contributed by atoms with van der Waals surface area (Å²) in [5, 5.41) is 3.33. The number of carbonyl (C=O) groups excluding carboxylic acids is 1. The molecule has 3 nitrogen and oxygen atoms in total. The summed E-state index contributed by atoms with van der Waals surface area (Å²) in [6.07, 6.45) is 3.22. The Labute approximate surface area is 97.2 Å². The van der Waals surface area contributed by atoms with Gasteiger partial charge in [0.15, 0.2) is 0 Å². The van der Waals surface area contributed by atoms with Gasteiger partial charge in [-0.25, -0.2) is 0 Å². The van der Waals surface area contributed by atoms with Crippen molar-refractivity contribution in [3.05, 3.63) is 11.1 Å². The van der Waals surface area contributed by atoms with E-state index >= 15 is 0 Å². The van der Waals surface area contributed by atoms with Crippen LogP contribution in [0.1, 0.15) is 40.0 Å². The second-order valence-corrected chi connectivity index (χ2v) is 5.71. The summed E-state index contributed by atoms with van der Waals surface area (Å²) in [7, 11) is 0. The number of ether oxygens (including phenoxy) is 1. The van der Waals surface area contributed by atoms with Crippen LogP contribution in [0.15, 0.2) is 11.1 Å². The minimum absolute atomic E-state index is 0.0120. The zero-order valence-corrected chi connectivity index (χ0v) is 10.4. The summed E-state index contributed by atoms with van der Waals surface area (Å²) in [5.41, 5.74) is 2.38. The quantitative estimate of drug-likeness (QED) is 0.546. The molecule has 1 aliphatic heterocycles. The Morgan fingerprint density at radius 1 is 1.38 bits per heavy atom. The highest BCUT2D eigenvalue weighted by Gasteiger charge is 2.33. The van der Waals surface area contributed by atoms with E-state index in [2.05, 4.69) is 5.32 Å². The van der Waals surface area contributed by atoms with Crippen molar-refractivity contribution in [1.29, 1.82) is 0 Å². The molecule has 0 saturated heterocycles. The molecule has 0 aromatic heterocycles. The summed E-state index contributed by atoms with van der Waals surface area (Å²) in [6.45, 7) is 7.62. The lowest BCUT2D eigenvalue weighted by Crippen LogP contribution is -2.31. The minimum atomic E-state index is -0.374. The largest absolute Gasteiger partial charge is 0.460 e. The van der Waals surface area contributed by atoms with Crippen molar-refractivity contribution in [2.75, 3.05) is 13.1 Å². The van der Waals surface area contributed by atoms with E-state index in [1.807, 2.05) is 20.8 Å². The number of hydrogen-bond donors (Lipinski definition) is 1. The van der Waals surface area contributed by atoms with Crippen molar-refractivity contribution in [2.24, 2.45) is 5.92 Å². The summed E-state index contributed by atoms with van der Waals surface area (Å²) >= 11 is 0. The predicted molar refractivity (Wildman–Crippen MR) is 63.1 cm³/mol. The number of carbonyl (C=O) groups is 1. The number of esters is 1. The van der Waals surface area contributed by atoms with E-state index in [1.54, 1.807) is 0 Å². The van der Waals surface area contributed by atoms with Crippen LogP contribution in [0.2, 0.25) is 0 Å². The molecule has 0 fully saturated rings. The third kappa shape index (κ3) is 2.46. The molecular formula is C13H21NO2. The van der Waals surface area contributed by atoms with Crippen LogP contribution in [-0.2, 0) is 9.53 Å². The Balaban J connectivity index is 2.09. The van der Waals surface area contributed by atoms with Crippen molar-refractivity contribution in [3.8, 4) is 0 Å². The van der Waals surface area contributed by atoms with E-state index in [9.17, 15) is 4.79 Å². The molecule has 0 spiro atoms. The predicted octanol–water partition coefficient (Wildman–Crippen LogP) is 2.03. The van der Waals surface area contributed by atoms with Crippen LogP contribution in [-0.4, -0.2) is 24.7 Å². The first-order valence-corrected chi connectivity index (χ1v) is 6.12. The molecule has 0 aromatic carbocycles. The molecule has 0 amide bonds. The lowest BCUT2D eigenvalue weighted by atomic mass is 9.84. The molecule has 3 heteroatoms. The van der Waals surface area contributed by atoms with Gasteiger partial charge in [-0.05, 0) is 45.6 Å². The molecule has 1 aliphatic carbocycles. The van der Waals surface area contributed by atoms with Gasteiger partial charge in [-0.2, -0.15) is 0 Å². The molecule has 0 bridgehead atoms. The third-order valence-corrected chi connectivity index (χ3v) is 3.19. The first-order valence-electron chi connectivity index (χ1n) is 6.12. The standard InChI is InChI=1S/C13H21NO2/c1-13(2,3)16-12(15)10-6-4-5-9-7-14-8-11(9)10/h10,14H,4-8H2,1-3H3. The van der Waals surface area contributed by atoms with E-state index in [0.717, 1.165) is 32.4 Å². The average molecular weight is 223 g/mol. The lowest BCUT2D eigenvalue weighted by Gasteiger charge is -2.27. The van der Waals surface area contributed by atoms with Gasteiger partial charge in [0.2, 0.25) is 0 Å². The first kappa shape index (κ1) is 11.6. The normalized spacial score (nSPS) is 25.6. The molecule has 1 heterocycles. The minimum Gasteiger partial charge on any atom is -0.460 e. The van der Waals surface area contributed by atoms with Crippen LogP contribution in [0.5, 0.6) is 0 Å². The van der Waals surface area contributed by atoms with Crippen molar-refractivity contribution in [3.63, 3.8) is 0 Å². The number of nitrogens with one attached hydrogen (secondary N) is 1. The van der Waals surface area contributed by atoms with E-state index < -0.39 is 0 Å². The fourth-order valence-corrected chi connectivity index (χ4v) is 2.53. The SMILES string of the molecule is CC(C)(C)OC(=O)C1CCCC2=C1CNC2. The van der Waals surface area contributed by atoms with Gasteiger partial charge < -0.3 is 10.1 Å². The smallest absolute Gasteiger partial charge is 0.313 e. The highest BCUT2D eigenvalue weighted by atomic mass is 16.6. The lowest BCUT2D eigenvalue weighted by molar-refractivity contribution is -0.159. The van der Waals surface area contributed by atoms with Gasteiger partial charge in [-0.1, -0.05) is 5.57 Å². The Kier molecular flexibility index (Phi) is 3.06. The van der Waals surface area contributed by atoms with E-state index in [-0.39, 0.29) is 17.5 Å². The Morgan fingerprint density at radius 2 is 2.12 bits per heavy atom. The summed E-state index contributed by atoms with van der Waals surface area (Å²) in [4.78, 5) is 12.1. The second kappa shape index (κ2) is 4.21. The van der Waals surface area contributed by atoms with Gasteiger partial charge in [0.1, 0.15) is 5.60 Å². The molecule has 0 aromatic rings. The van der Waals surface area contributed by atoms with Gasteiger partial charge in [0.05, 0.1) is 5.92 Å². The molecule has 1 atom stereocenters. The van der Waals surface area contributed by atoms with Gasteiger partial charge in [-0.15, -0.1) is 0 Å². The third-order valence-electron chi connectivity index (χ3n) is 3.19. The summed E-state index contributed by atoms with van der Waals surface area (Å²) in [6, 6.07) is 0. The van der Waals surface area contributed by atoms with Crippen LogP contribution in [0.4, 0.5) is 0 Å². The number of hydrogen-bond acceptors (Lipinski definition) is 3.